The van der Waals surface area contributed by atoms with Crippen LogP contribution >= 0.6 is 11.3 Å². The van der Waals surface area contributed by atoms with Gasteiger partial charge in [-0.05, 0) is 6.92 Å². The van der Waals surface area contributed by atoms with E-state index in [0.29, 0.717) is 0 Å². The zero-order valence-corrected chi connectivity index (χ0v) is 18.3. The zero-order chi connectivity index (χ0) is 22.5. The quantitative estimate of drug-likeness (QED) is 0.523. The average molecular weight is 460 g/mol. The van der Waals surface area contributed by atoms with Crippen molar-refractivity contribution in [3.63, 3.8) is 0 Å². The lowest BCUT2D eigenvalue weighted by Crippen LogP contribution is -2.19. The fourth-order valence-electron chi connectivity index (χ4n) is 2.44. The second kappa shape index (κ2) is 9.67. The van der Waals surface area contributed by atoms with Gasteiger partial charge in [0.2, 0.25) is 5.91 Å². The van der Waals surface area contributed by atoms with Crippen LogP contribution in [0, 0.1) is 6.92 Å². The normalized spacial score (nSPS) is 11.2. The topological polar surface area (TPSA) is 159 Å². The maximum absolute atomic E-state index is 12.7. The van der Waals surface area contributed by atoms with Gasteiger partial charge in [-0.15, -0.1) is 0 Å². The molecule has 0 unspecified atom stereocenters. The van der Waals surface area contributed by atoms with Crippen molar-refractivity contribution < 1.29 is 32.3 Å². The van der Waals surface area contributed by atoms with Crippen LogP contribution in [0.1, 0.15) is 31.5 Å². The number of methoxy groups -OCH3 is 2. The van der Waals surface area contributed by atoms with Crippen LogP contribution in [-0.4, -0.2) is 55.2 Å². The maximum Gasteiger partial charge on any atom is 0.307 e. The largest absolute Gasteiger partial charge is 0.469 e. The number of hydrogen-bond acceptors (Lipinski definition) is 10. The number of thiazole rings is 1. The monoisotopic (exact) mass is 459 g/mol. The van der Waals surface area contributed by atoms with Crippen LogP contribution in [0.25, 0.3) is 0 Å². The van der Waals surface area contributed by atoms with Crippen LogP contribution in [0.2, 0.25) is 0 Å². The molecular weight excluding hydrogens is 438 g/mol. The number of aromatic nitrogens is 3. The summed E-state index contributed by atoms with van der Waals surface area (Å²) < 4.78 is 38.3. The summed E-state index contributed by atoms with van der Waals surface area (Å²) in [7, 11) is -1.58. The van der Waals surface area contributed by atoms with Crippen LogP contribution in [-0.2, 0) is 33.9 Å². The van der Waals surface area contributed by atoms with Gasteiger partial charge in [0.05, 0.1) is 50.7 Å². The summed E-state index contributed by atoms with van der Waals surface area (Å²) in [4.78, 5) is 38.5. The number of esters is 2. The first kappa shape index (κ1) is 23.3. The third kappa shape index (κ3) is 6.00. The molecule has 0 aliphatic carbocycles. The first-order valence-corrected chi connectivity index (χ1v) is 10.8. The van der Waals surface area contributed by atoms with Gasteiger partial charge >= 0.3 is 11.9 Å². The number of ether oxygens (including phenoxy) is 2. The van der Waals surface area contributed by atoms with Crippen LogP contribution in [0.5, 0.6) is 0 Å². The van der Waals surface area contributed by atoms with E-state index in [1.54, 1.807) is 0 Å². The van der Waals surface area contributed by atoms with Crippen molar-refractivity contribution >= 4 is 50.0 Å². The summed E-state index contributed by atoms with van der Waals surface area (Å²) in [5.74, 6) is -1.50. The lowest BCUT2D eigenvalue weighted by molar-refractivity contribution is -0.144. The molecule has 0 saturated heterocycles. The number of rotatable bonds is 9. The number of carbonyl (C=O) groups is 3. The van der Waals surface area contributed by atoms with Gasteiger partial charge in [-0.25, -0.2) is 13.4 Å². The Morgan fingerprint density at radius 3 is 2.33 bits per heavy atom. The van der Waals surface area contributed by atoms with Gasteiger partial charge in [0.1, 0.15) is 0 Å². The summed E-state index contributed by atoms with van der Waals surface area (Å²) in [5.41, 5.74) is 0.335. The summed E-state index contributed by atoms with van der Waals surface area (Å²) in [6.45, 7) is 2.79. The van der Waals surface area contributed by atoms with E-state index in [9.17, 15) is 22.8 Å². The first-order chi connectivity index (χ1) is 14.1. The van der Waals surface area contributed by atoms with Crippen molar-refractivity contribution in [3.8, 4) is 0 Å². The highest BCUT2D eigenvalue weighted by atomic mass is 32.2. The average Bonchev–Trinajstić information content (AvgIpc) is 3.26. The van der Waals surface area contributed by atoms with Crippen molar-refractivity contribution in [2.45, 2.75) is 36.9 Å². The highest BCUT2D eigenvalue weighted by molar-refractivity contribution is 7.94. The minimum absolute atomic E-state index is 0.0697. The van der Waals surface area contributed by atoms with E-state index in [2.05, 4.69) is 29.6 Å². The van der Waals surface area contributed by atoms with Gasteiger partial charge in [-0.1, -0.05) is 11.3 Å². The Labute approximate surface area is 176 Å². The molecule has 0 spiro atoms. The second-order valence-electron chi connectivity index (χ2n) is 6.10. The van der Waals surface area contributed by atoms with Crippen molar-refractivity contribution in [1.82, 2.24) is 14.8 Å². The number of aryl methyl sites for hydroxylation is 1. The van der Waals surface area contributed by atoms with Crippen molar-refractivity contribution in [1.29, 1.82) is 0 Å². The third-order valence-corrected chi connectivity index (χ3v) is 6.83. The highest BCUT2D eigenvalue weighted by Gasteiger charge is 2.25. The first-order valence-electron chi connectivity index (χ1n) is 8.51. The van der Waals surface area contributed by atoms with E-state index in [1.807, 2.05) is 0 Å². The third-order valence-electron chi connectivity index (χ3n) is 3.77. The Balaban J connectivity index is 2.23. The standard InChI is InChI=1S/C16H21N5O7S2/c1-9-15(29-16(18-9)19-10(2)22)30(25,26)20-11-7-17-21(8-11)12(5-13(23)27-3)6-14(24)28-4/h7-8,12,20H,5-6H2,1-4H3,(H,18,19,22). The Hall–Kier alpha value is -3.00. The predicted octanol–water partition coefficient (Wildman–Crippen LogP) is 1.07. The van der Waals surface area contributed by atoms with Gasteiger partial charge in [-0.2, -0.15) is 5.10 Å². The van der Waals surface area contributed by atoms with Gasteiger partial charge in [0.15, 0.2) is 9.34 Å². The van der Waals surface area contributed by atoms with Gasteiger partial charge in [-0.3, -0.25) is 23.8 Å². The van der Waals surface area contributed by atoms with Crippen LogP contribution < -0.4 is 10.0 Å². The summed E-state index contributed by atoms with van der Waals surface area (Å²) in [5, 5.41) is 6.64. The molecule has 0 saturated carbocycles. The number of hydrogen-bond donors (Lipinski definition) is 2. The van der Waals surface area contributed by atoms with Gasteiger partial charge < -0.3 is 14.8 Å². The molecule has 2 aromatic heterocycles. The Morgan fingerprint density at radius 2 is 1.80 bits per heavy atom. The van der Waals surface area contributed by atoms with E-state index < -0.39 is 28.0 Å². The maximum atomic E-state index is 12.7. The Kier molecular flexibility index (Phi) is 7.50. The van der Waals surface area contributed by atoms with E-state index in [0.717, 1.165) is 11.3 Å². The van der Waals surface area contributed by atoms with Gasteiger partial charge in [0.25, 0.3) is 10.0 Å². The number of nitrogens with zero attached hydrogens (tertiary/aromatic N) is 3. The SMILES string of the molecule is COC(=O)CC(CC(=O)OC)n1cc(NS(=O)(=O)c2sc(NC(C)=O)nc2C)cn1. The summed E-state index contributed by atoms with van der Waals surface area (Å²) >= 11 is 0.807. The molecule has 2 aromatic rings. The summed E-state index contributed by atoms with van der Waals surface area (Å²) in [6.07, 6.45) is 2.27. The molecule has 14 heteroatoms. The fourth-order valence-corrected chi connectivity index (χ4v) is 4.93. The number of amides is 1. The molecule has 2 rings (SSSR count). The Morgan fingerprint density at radius 1 is 1.20 bits per heavy atom. The lowest BCUT2D eigenvalue weighted by Gasteiger charge is -2.15. The molecule has 12 nitrogen and oxygen atoms in total. The molecular formula is C16H21N5O7S2. The highest BCUT2D eigenvalue weighted by Crippen LogP contribution is 2.29. The minimum atomic E-state index is -4.01. The minimum Gasteiger partial charge on any atom is -0.469 e. The molecule has 0 aromatic carbocycles. The fraction of sp³-hybridized carbons (Fsp3) is 0.438. The molecule has 0 aliphatic rings. The molecule has 30 heavy (non-hydrogen) atoms. The number of anilines is 2. The number of carbonyl (C=O) groups excluding carboxylic acids is 3. The second-order valence-corrected chi connectivity index (χ2v) is 8.98. The summed E-state index contributed by atoms with van der Waals surface area (Å²) in [6, 6.07) is -0.723. The van der Waals surface area contributed by atoms with E-state index >= 15 is 0 Å². The van der Waals surface area contributed by atoms with E-state index in [1.165, 1.54) is 45.1 Å². The van der Waals surface area contributed by atoms with Crippen molar-refractivity contribution in [2.75, 3.05) is 24.3 Å². The van der Waals surface area contributed by atoms with Crippen molar-refractivity contribution in [2.24, 2.45) is 0 Å². The molecule has 164 valence electrons. The number of nitrogens with one attached hydrogen (secondary N) is 2. The Bertz CT molecular complexity index is 1030. The van der Waals surface area contributed by atoms with E-state index in [4.69, 9.17) is 0 Å². The molecule has 0 radical (unpaired) electrons. The van der Waals surface area contributed by atoms with Gasteiger partial charge in [0, 0.05) is 13.1 Å². The lowest BCUT2D eigenvalue weighted by atomic mass is 10.1. The molecule has 0 fully saturated rings. The van der Waals surface area contributed by atoms with E-state index in [-0.39, 0.29) is 39.5 Å². The molecule has 0 atom stereocenters. The molecule has 0 bridgehead atoms. The predicted molar refractivity (Wildman–Crippen MR) is 106 cm³/mol. The van der Waals surface area contributed by atoms with Crippen molar-refractivity contribution in [3.05, 3.63) is 18.1 Å². The van der Waals surface area contributed by atoms with Crippen LogP contribution in [0.4, 0.5) is 10.8 Å². The van der Waals surface area contributed by atoms with Crippen LogP contribution in [0.15, 0.2) is 16.6 Å². The van der Waals surface area contributed by atoms with Crippen LogP contribution in [0.3, 0.4) is 0 Å². The zero-order valence-electron chi connectivity index (χ0n) is 16.7. The molecule has 0 aliphatic heterocycles. The molecule has 2 heterocycles. The number of sulfonamides is 1. The molecule has 2 N–H and O–H groups in total. The smallest absolute Gasteiger partial charge is 0.307 e. The molecule has 1 amide bonds.